The summed E-state index contributed by atoms with van der Waals surface area (Å²) in [6, 6.07) is 2.58. The van der Waals surface area contributed by atoms with Crippen molar-refractivity contribution >= 4 is 0 Å². The van der Waals surface area contributed by atoms with Crippen molar-refractivity contribution < 1.29 is 4.74 Å². The summed E-state index contributed by atoms with van der Waals surface area (Å²) in [6.45, 7) is 7.56. The Kier molecular flexibility index (Phi) is 2.65. The van der Waals surface area contributed by atoms with Gasteiger partial charge in [-0.3, -0.25) is 0 Å². The first-order valence-corrected chi connectivity index (χ1v) is 4.62. The second-order valence-corrected chi connectivity index (χ2v) is 4.85. The first kappa shape index (κ1) is 10.5. The maximum atomic E-state index is 9.13. The van der Waals surface area contributed by atoms with E-state index >= 15 is 0 Å². The summed E-state index contributed by atoms with van der Waals surface area (Å²) >= 11 is 0. The quantitative estimate of drug-likeness (QED) is 0.697. The molecule has 1 N–H and O–H groups in total. The third-order valence-electron chi connectivity index (χ3n) is 2.65. The molecule has 0 aromatic carbocycles. The zero-order valence-electron chi connectivity index (χ0n) is 8.85. The van der Waals surface area contributed by atoms with Crippen LogP contribution in [0.1, 0.15) is 20.8 Å². The van der Waals surface area contributed by atoms with Crippen molar-refractivity contribution in [1.29, 1.82) is 5.26 Å². The molecule has 1 rings (SSSR count). The molecule has 13 heavy (non-hydrogen) atoms. The number of nitrogens with zero attached hydrogens (tertiary/aromatic N) is 1. The van der Waals surface area contributed by atoms with E-state index in [1.54, 1.807) is 0 Å². The number of hydrogen-bond acceptors (Lipinski definition) is 3. The van der Waals surface area contributed by atoms with Crippen LogP contribution in [-0.4, -0.2) is 26.3 Å². The first-order valence-electron chi connectivity index (χ1n) is 4.62. The Hall–Kier alpha value is -0.590. The molecule has 3 heteroatoms. The van der Waals surface area contributed by atoms with Crippen LogP contribution in [0.25, 0.3) is 0 Å². The van der Waals surface area contributed by atoms with Gasteiger partial charge < -0.3 is 10.1 Å². The monoisotopic (exact) mass is 182 g/mol. The van der Waals surface area contributed by atoms with Gasteiger partial charge in [-0.2, -0.15) is 5.26 Å². The summed E-state index contributed by atoms with van der Waals surface area (Å²) in [6.07, 6.45) is 0. The van der Waals surface area contributed by atoms with E-state index in [2.05, 4.69) is 32.2 Å². The van der Waals surface area contributed by atoms with Crippen LogP contribution in [0.4, 0.5) is 0 Å². The van der Waals surface area contributed by atoms with Crippen molar-refractivity contribution in [2.75, 3.05) is 20.3 Å². The highest BCUT2D eigenvalue weighted by atomic mass is 16.5. The molecule has 0 saturated carbocycles. The Balaban J connectivity index is 2.83. The zero-order chi connectivity index (χ0) is 10.1. The molecule has 0 aromatic heterocycles. The van der Waals surface area contributed by atoms with Crippen molar-refractivity contribution in [1.82, 2.24) is 5.32 Å². The molecular weight excluding hydrogens is 164 g/mol. The van der Waals surface area contributed by atoms with E-state index in [0.29, 0.717) is 13.2 Å². The van der Waals surface area contributed by atoms with Gasteiger partial charge in [-0.1, -0.05) is 20.8 Å². The van der Waals surface area contributed by atoms with E-state index in [1.807, 2.05) is 7.05 Å². The van der Waals surface area contributed by atoms with Gasteiger partial charge in [0.2, 0.25) is 0 Å². The molecule has 1 aliphatic rings. The molecule has 1 unspecified atom stereocenters. The smallest absolute Gasteiger partial charge is 0.119 e. The van der Waals surface area contributed by atoms with Gasteiger partial charge in [0.25, 0.3) is 0 Å². The second kappa shape index (κ2) is 3.28. The molecular formula is C10H18N2O. The Morgan fingerprint density at radius 1 is 1.46 bits per heavy atom. The first-order chi connectivity index (χ1) is 5.96. The highest BCUT2D eigenvalue weighted by molar-refractivity contribution is 5.13. The van der Waals surface area contributed by atoms with Crippen molar-refractivity contribution in [3.63, 3.8) is 0 Å². The second-order valence-electron chi connectivity index (χ2n) is 4.85. The summed E-state index contributed by atoms with van der Waals surface area (Å²) in [4.78, 5) is 0. The fraction of sp³-hybridized carbons (Fsp3) is 0.900. The van der Waals surface area contributed by atoms with Gasteiger partial charge in [0.1, 0.15) is 5.41 Å². The molecule has 0 aliphatic carbocycles. The molecule has 0 amide bonds. The van der Waals surface area contributed by atoms with E-state index in [1.165, 1.54) is 0 Å². The summed E-state index contributed by atoms with van der Waals surface area (Å²) in [5, 5.41) is 12.4. The molecule has 1 saturated heterocycles. The lowest BCUT2D eigenvalue weighted by Crippen LogP contribution is -2.60. The molecule has 74 valence electrons. The third kappa shape index (κ3) is 1.70. The van der Waals surface area contributed by atoms with Crippen LogP contribution in [0.15, 0.2) is 0 Å². The van der Waals surface area contributed by atoms with Crippen LogP contribution < -0.4 is 5.32 Å². The number of nitriles is 1. The molecule has 0 aromatic rings. The number of hydrogen-bond donors (Lipinski definition) is 1. The van der Waals surface area contributed by atoms with Crippen LogP contribution in [-0.2, 0) is 4.74 Å². The van der Waals surface area contributed by atoms with Crippen molar-refractivity contribution in [3.05, 3.63) is 0 Å². The molecule has 0 spiro atoms. The molecule has 1 aliphatic heterocycles. The fourth-order valence-corrected chi connectivity index (χ4v) is 2.16. The predicted molar refractivity (Wildman–Crippen MR) is 51.2 cm³/mol. The lowest BCUT2D eigenvalue weighted by atomic mass is 9.68. The summed E-state index contributed by atoms with van der Waals surface area (Å²) < 4.78 is 5.14. The summed E-state index contributed by atoms with van der Waals surface area (Å²) in [5.41, 5.74) is -0.221. The van der Waals surface area contributed by atoms with Crippen LogP contribution in [0.2, 0.25) is 0 Å². The lowest BCUT2D eigenvalue weighted by Gasteiger charge is -2.47. The third-order valence-corrected chi connectivity index (χ3v) is 2.65. The van der Waals surface area contributed by atoms with Crippen molar-refractivity contribution in [2.24, 2.45) is 10.8 Å². The van der Waals surface area contributed by atoms with Crippen LogP contribution in [0.5, 0.6) is 0 Å². The molecule has 1 fully saturated rings. The molecule has 0 radical (unpaired) electrons. The minimum atomic E-state index is -0.312. The normalized spacial score (nSPS) is 23.0. The van der Waals surface area contributed by atoms with Gasteiger partial charge in [-0.05, 0) is 12.5 Å². The van der Waals surface area contributed by atoms with Gasteiger partial charge in [0.05, 0.1) is 19.3 Å². The molecule has 3 nitrogen and oxygen atoms in total. The number of rotatable bonds is 2. The predicted octanol–water partition coefficient (Wildman–Crippen LogP) is 1.16. The van der Waals surface area contributed by atoms with Crippen molar-refractivity contribution in [2.45, 2.75) is 26.8 Å². The highest BCUT2D eigenvalue weighted by Crippen LogP contribution is 2.39. The van der Waals surface area contributed by atoms with E-state index in [4.69, 9.17) is 10.00 Å². The highest BCUT2D eigenvalue weighted by Gasteiger charge is 2.50. The van der Waals surface area contributed by atoms with E-state index in [-0.39, 0.29) is 16.9 Å². The molecule has 1 heterocycles. The maximum Gasteiger partial charge on any atom is 0.119 e. The van der Waals surface area contributed by atoms with Crippen molar-refractivity contribution in [3.8, 4) is 6.07 Å². The maximum absolute atomic E-state index is 9.13. The fourth-order valence-electron chi connectivity index (χ4n) is 2.16. The number of nitrogens with one attached hydrogen (secondary N) is 1. The SMILES string of the molecule is CNC(C(C)(C)C)C1(C#N)COC1. The Morgan fingerprint density at radius 3 is 2.08 bits per heavy atom. The average Bonchev–Trinajstić information content (AvgIpc) is 1.93. The van der Waals surface area contributed by atoms with Gasteiger partial charge >= 0.3 is 0 Å². The van der Waals surface area contributed by atoms with Gasteiger partial charge in [0.15, 0.2) is 0 Å². The lowest BCUT2D eigenvalue weighted by molar-refractivity contribution is -0.113. The largest absolute Gasteiger partial charge is 0.378 e. The minimum Gasteiger partial charge on any atom is -0.378 e. The van der Waals surface area contributed by atoms with E-state index in [0.717, 1.165) is 0 Å². The Morgan fingerprint density at radius 2 is 2.00 bits per heavy atom. The average molecular weight is 182 g/mol. The van der Waals surface area contributed by atoms with Crippen LogP contribution >= 0.6 is 0 Å². The topological polar surface area (TPSA) is 45.0 Å². The van der Waals surface area contributed by atoms with E-state index in [9.17, 15) is 0 Å². The minimum absolute atomic E-state index is 0.0915. The standard InChI is InChI=1S/C10H18N2O/c1-9(2,3)8(12-4)10(5-11)6-13-7-10/h8,12H,6-7H2,1-4H3. The zero-order valence-corrected chi connectivity index (χ0v) is 8.85. The van der Waals surface area contributed by atoms with Gasteiger partial charge in [-0.15, -0.1) is 0 Å². The van der Waals surface area contributed by atoms with Crippen LogP contribution in [0, 0.1) is 22.2 Å². The summed E-state index contributed by atoms with van der Waals surface area (Å²) in [5.74, 6) is 0. The van der Waals surface area contributed by atoms with Gasteiger partial charge in [0, 0.05) is 6.04 Å². The van der Waals surface area contributed by atoms with Crippen LogP contribution in [0.3, 0.4) is 0 Å². The summed E-state index contributed by atoms with van der Waals surface area (Å²) in [7, 11) is 1.91. The molecule has 0 bridgehead atoms. The molecule has 1 atom stereocenters. The van der Waals surface area contributed by atoms with E-state index < -0.39 is 0 Å². The number of ether oxygens (including phenoxy) is 1. The van der Waals surface area contributed by atoms with Gasteiger partial charge in [-0.25, -0.2) is 0 Å². The Bertz CT molecular complexity index is 220. The Labute approximate surface area is 80.1 Å².